The molecule has 0 saturated heterocycles. The number of rotatable bonds is 12. The van der Waals surface area contributed by atoms with Gasteiger partial charge in [0.1, 0.15) is 23.1 Å². The van der Waals surface area contributed by atoms with Gasteiger partial charge >= 0.3 is 12.4 Å². The Morgan fingerprint density at radius 1 is 1.07 bits per heavy atom. The average molecular weight is 596 g/mol. The lowest BCUT2D eigenvalue weighted by atomic mass is 10.1. The molecule has 218 valence electrons. The monoisotopic (exact) mass is 595 g/mol. The fourth-order valence-corrected chi connectivity index (χ4v) is 4.13. The van der Waals surface area contributed by atoms with Gasteiger partial charge in [-0.3, -0.25) is 4.79 Å². The van der Waals surface area contributed by atoms with Crippen LogP contribution in [-0.4, -0.2) is 56.8 Å². The van der Waals surface area contributed by atoms with Crippen LogP contribution in [0.2, 0.25) is 0 Å². The molecule has 2 atom stereocenters. The molecular weight excluding hydrogens is 571 g/mol. The van der Waals surface area contributed by atoms with Crippen molar-refractivity contribution in [1.29, 1.82) is 0 Å². The topological polar surface area (TPSA) is 114 Å². The van der Waals surface area contributed by atoms with Gasteiger partial charge in [-0.1, -0.05) is 13.3 Å². The molecule has 3 rings (SSSR count). The van der Waals surface area contributed by atoms with Gasteiger partial charge in [0.05, 0.1) is 42.1 Å². The second-order valence-electron chi connectivity index (χ2n) is 8.43. The van der Waals surface area contributed by atoms with E-state index in [1.54, 1.807) is 13.8 Å². The van der Waals surface area contributed by atoms with E-state index in [4.69, 9.17) is 4.74 Å². The van der Waals surface area contributed by atoms with Gasteiger partial charge in [0.15, 0.2) is 5.69 Å². The van der Waals surface area contributed by atoms with Crippen molar-refractivity contribution in [2.75, 3.05) is 23.7 Å². The summed E-state index contributed by atoms with van der Waals surface area (Å²) in [5, 5.41) is 7.57. The minimum atomic E-state index is -4.65. The van der Waals surface area contributed by atoms with Crippen LogP contribution in [-0.2, 0) is 6.18 Å². The molecule has 1 amide bonds. The van der Waals surface area contributed by atoms with Gasteiger partial charge in [0.2, 0.25) is 5.88 Å². The predicted molar refractivity (Wildman–Crippen MR) is 133 cm³/mol. The lowest BCUT2D eigenvalue weighted by Gasteiger charge is -2.22. The van der Waals surface area contributed by atoms with Gasteiger partial charge < -0.3 is 20.7 Å². The van der Waals surface area contributed by atoms with Crippen molar-refractivity contribution in [2.45, 2.75) is 51.3 Å². The third kappa shape index (κ3) is 8.97. The minimum Gasteiger partial charge on any atom is -0.471 e. The van der Waals surface area contributed by atoms with Crippen LogP contribution in [0.15, 0.2) is 30.7 Å². The molecule has 3 heterocycles. The second kappa shape index (κ2) is 13.2. The summed E-state index contributed by atoms with van der Waals surface area (Å²) in [6, 6.07) is 2.80. The van der Waals surface area contributed by atoms with Gasteiger partial charge in [-0.25, -0.2) is 19.3 Å². The fraction of sp³-hybridized carbons (Fsp3) is 0.435. The Hall–Kier alpha value is -3.60. The van der Waals surface area contributed by atoms with E-state index in [1.165, 1.54) is 18.3 Å². The van der Waals surface area contributed by atoms with E-state index < -0.39 is 49.3 Å². The van der Waals surface area contributed by atoms with Gasteiger partial charge in [0, 0.05) is 12.6 Å². The molecule has 0 spiro atoms. The van der Waals surface area contributed by atoms with Crippen LogP contribution in [0.3, 0.4) is 0 Å². The maximum Gasteiger partial charge on any atom is 0.434 e. The predicted octanol–water partition coefficient (Wildman–Crippen LogP) is 5.69. The van der Waals surface area contributed by atoms with Crippen molar-refractivity contribution in [1.82, 2.24) is 24.6 Å². The van der Waals surface area contributed by atoms with Crippen molar-refractivity contribution < 1.29 is 40.3 Å². The van der Waals surface area contributed by atoms with Crippen molar-refractivity contribution >= 4 is 33.9 Å². The van der Waals surface area contributed by atoms with Crippen LogP contribution in [0.1, 0.15) is 41.5 Å². The van der Waals surface area contributed by atoms with Crippen LogP contribution in [0.5, 0.6) is 5.88 Å². The van der Waals surface area contributed by atoms with Gasteiger partial charge in [-0.2, -0.15) is 30.7 Å². The number of hydrogen-bond acceptors (Lipinski definition) is 9. The molecule has 9 nitrogen and oxygen atoms in total. The Kier molecular flexibility index (Phi) is 10.2. The van der Waals surface area contributed by atoms with E-state index >= 15 is 0 Å². The Labute approximate surface area is 227 Å². The standard InChI is InChI=1S/C23H24F7N7O2S/c1-3-4-15(14(24)8-31-11-22(25,26)27)39-18-6-5-13(7-34-18)35-20(38)19-12(2)37-40-21(19)36-17-10-32-16(9-33-17)23(28,29)30/h5-7,9-10,14-15,31H,3-4,8,11H2,1-2H3,(H,33,36)(H,35,38)/t14-,15-/m0/s1. The number of aryl methyl sites for hydroxylation is 1. The number of alkyl halides is 7. The number of carbonyl (C=O) groups excluding carboxylic acids is 1. The van der Waals surface area contributed by atoms with Crippen LogP contribution < -0.4 is 20.7 Å². The third-order valence-electron chi connectivity index (χ3n) is 5.18. The van der Waals surface area contributed by atoms with Crippen molar-refractivity contribution in [3.63, 3.8) is 0 Å². The van der Waals surface area contributed by atoms with Gasteiger partial charge in [0.25, 0.3) is 5.91 Å². The van der Waals surface area contributed by atoms with Crippen molar-refractivity contribution in [2.24, 2.45) is 0 Å². The smallest absolute Gasteiger partial charge is 0.434 e. The first kappa shape index (κ1) is 30.9. The SMILES string of the molecule is CCC[C@H](Oc1ccc(NC(=O)c2c(C)nsc2Nc2cnc(C(F)(F)F)cn2)cn1)[C@@H](F)CNCC(F)(F)F. The highest BCUT2D eigenvalue weighted by molar-refractivity contribution is 7.10. The number of nitrogens with zero attached hydrogens (tertiary/aromatic N) is 4. The highest BCUT2D eigenvalue weighted by Crippen LogP contribution is 2.30. The molecule has 0 bridgehead atoms. The van der Waals surface area contributed by atoms with E-state index in [1.807, 2.05) is 5.32 Å². The summed E-state index contributed by atoms with van der Waals surface area (Å²) in [6.45, 7) is 1.45. The molecule has 17 heteroatoms. The zero-order chi connectivity index (χ0) is 29.5. The Morgan fingerprint density at radius 2 is 1.82 bits per heavy atom. The molecule has 0 radical (unpaired) electrons. The number of amides is 1. The van der Waals surface area contributed by atoms with Crippen LogP contribution in [0.25, 0.3) is 0 Å². The summed E-state index contributed by atoms with van der Waals surface area (Å²) in [6.07, 6.45) is -8.45. The van der Waals surface area contributed by atoms with Crippen LogP contribution in [0.4, 0.5) is 47.2 Å². The molecule has 0 fully saturated rings. The first-order valence-corrected chi connectivity index (χ1v) is 12.5. The Morgan fingerprint density at radius 3 is 2.40 bits per heavy atom. The molecule has 3 aromatic rings. The zero-order valence-electron chi connectivity index (χ0n) is 21.0. The molecule has 0 aliphatic carbocycles. The Bertz CT molecular complexity index is 1250. The van der Waals surface area contributed by atoms with Gasteiger partial charge in [-0.05, 0) is 30.9 Å². The fourth-order valence-electron chi connectivity index (χ4n) is 3.33. The maximum absolute atomic E-state index is 14.5. The largest absolute Gasteiger partial charge is 0.471 e. The molecule has 0 aromatic carbocycles. The lowest BCUT2D eigenvalue weighted by molar-refractivity contribution is -0.141. The number of halogens is 7. The molecule has 0 aliphatic heterocycles. The molecule has 40 heavy (non-hydrogen) atoms. The first-order valence-electron chi connectivity index (χ1n) is 11.7. The highest BCUT2D eigenvalue weighted by atomic mass is 32.1. The molecule has 3 aromatic heterocycles. The number of hydrogen-bond donors (Lipinski definition) is 3. The summed E-state index contributed by atoms with van der Waals surface area (Å²) in [5.74, 6) is -0.630. The lowest BCUT2D eigenvalue weighted by Crippen LogP contribution is -2.40. The van der Waals surface area contributed by atoms with Gasteiger partial charge in [-0.15, -0.1) is 0 Å². The molecule has 0 saturated carbocycles. The van der Waals surface area contributed by atoms with Crippen LogP contribution in [0, 0.1) is 6.92 Å². The first-order chi connectivity index (χ1) is 18.8. The number of pyridine rings is 1. The highest BCUT2D eigenvalue weighted by Gasteiger charge is 2.33. The molecule has 0 unspecified atom stereocenters. The quantitative estimate of drug-likeness (QED) is 0.229. The summed E-state index contributed by atoms with van der Waals surface area (Å²) >= 11 is 0.892. The molecule has 0 aliphatic rings. The summed E-state index contributed by atoms with van der Waals surface area (Å²) in [5.41, 5.74) is -0.480. The summed E-state index contributed by atoms with van der Waals surface area (Å²) in [4.78, 5) is 24.0. The average Bonchev–Trinajstić information content (AvgIpc) is 3.23. The maximum atomic E-state index is 14.5. The third-order valence-corrected chi connectivity index (χ3v) is 6.04. The summed E-state index contributed by atoms with van der Waals surface area (Å²) < 4.78 is 99.2. The second-order valence-corrected chi connectivity index (χ2v) is 9.20. The molecular formula is C23H24F7N7O2S. The van der Waals surface area contributed by atoms with E-state index in [9.17, 15) is 35.5 Å². The number of anilines is 3. The molecule has 3 N–H and O–H groups in total. The van der Waals surface area contributed by atoms with E-state index in [0.29, 0.717) is 18.3 Å². The van der Waals surface area contributed by atoms with E-state index in [2.05, 4.69) is 30.0 Å². The number of carbonyl (C=O) groups is 1. The zero-order valence-corrected chi connectivity index (χ0v) is 21.8. The summed E-state index contributed by atoms with van der Waals surface area (Å²) in [7, 11) is 0. The van der Waals surface area contributed by atoms with Crippen LogP contribution >= 0.6 is 11.5 Å². The Balaban J connectivity index is 1.63. The number of aromatic nitrogens is 4. The minimum absolute atomic E-state index is 0.00605. The van der Waals surface area contributed by atoms with Crippen molar-refractivity contribution in [3.8, 4) is 5.88 Å². The van der Waals surface area contributed by atoms with E-state index in [-0.39, 0.29) is 34.4 Å². The number of nitrogens with one attached hydrogen (secondary N) is 3. The number of ether oxygens (including phenoxy) is 1. The van der Waals surface area contributed by atoms with E-state index in [0.717, 1.165) is 17.7 Å². The normalized spacial score (nSPS) is 13.5. The van der Waals surface area contributed by atoms with Crippen molar-refractivity contribution in [3.05, 3.63) is 47.7 Å².